The third-order valence-corrected chi connectivity index (χ3v) is 4.81. The molecule has 30 heavy (non-hydrogen) atoms. The standard InChI is InChI=1S/C20H20N6O4/c1-24-17-16(19(27)25(2)20(24)28)26(12-23-17)10-11-30-18-15(21-8-9-22-18)13-6-4-5-7-14(13)29-3/h4-9,12H,10-11H2,1-3H3. The first-order valence-corrected chi connectivity index (χ1v) is 9.21. The molecule has 154 valence electrons. The Morgan fingerprint density at radius 2 is 1.77 bits per heavy atom. The lowest BCUT2D eigenvalue weighted by Gasteiger charge is -2.12. The number of ether oxygens (including phenoxy) is 2. The molecule has 10 nitrogen and oxygen atoms in total. The second-order valence-corrected chi connectivity index (χ2v) is 6.57. The zero-order chi connectivity index (χ0) is 21.3. The van der Waals surface area contributed by atoms with Crippen molar-refractivity contribution in [1.82, 2.24) is 28.7 Å². The lowest BCUT2D eigenvalue weighted by Crippen LogP contribution is -2.37. The Kier molecular flexibility index (Phi) is 5.05. The Balaban J connectivity index is 1.61. The van der Waals surface area contributed by atoms with Gasteiger partial charge in [0, 0.05) is 32.1 Å². The quantitative estimate of drug-likeness (QED) is 0.468. The first kappa shape index (κ1) is 19.4. The van der Waals surface area contributed by atoms with E-state index in [1.165, 1.54) is 17.9 Å². The van der Waals surface area contributed by atoms with E-state index in [1.807, 2.05) is 24.3 Å². The highest BCUT2D eigenvalue weighted by Crippen LogP contribution is 2.32. The Hall–Kier alpha value is -3.95. The van der Waals surface area contributed by atoms with E-state index >= 15 is 0 Å². The zero-order valence-corrected chi connectivity index (χ0v) is 16.8. The smallest absolute Gasteiger partial charge is 0.332 e. The summed E-state index contributed by atoms with van der Waals surface area (Å²) in [5.41, 5.74) is 1.17. The van der Waals surface area contributed by atoms with E-state index in [4.69, 9.17) is 9.47 Å². The van der Waals surface area contributed by atoms with Crippen LogP contribution in [0.5, 0.6) is 11.6 Å². The van der Waals surface area contributed by atoms with Gasteiger partial charge in [-0.1, -0.05) is 12.1 Å². The molecule has 0 N–H and O–H groups in total. The highest BCUT2D eigenvalue weighted by Gasteiger charge is 2.16. The molecule has 0 bridgehead atoms. The highest BCUT2D eigenvalue weighted by atomic mass is 16.5. The fraction of sp³-hybridized carbons (Fsp3) is 0.250. The molecule has 0 fully saturated rings. The predicted molar refractivity (Wildman–Crippen MR) is 110 cm³/mol. The van der Waals surface area contributed by atoms with Crippen molar-refractivity contribution < 1.29 is 9.47 Å². The minimum atomic E-state index is -0.421. The van der Waals surface area contributed by atoms with Gasteiger partial charge >= 0.3 is 5.69 Å². The molecule has 0 saturated carbocycles. The maximum atomic E-state index is 12.5. The summed E-state index contributed by atoms with van der Waals surface area (Å²) < 4.78 is 15.4. The number of methoxy groups -OCH3 is 1. The molecule has 0 aliphatic rings. The van der Waals surface area contributed by atoms with Gasteiger partial charge in [-0.15, -0.1) is 0 Å². The number of fused-ring (bicyclic) bond motifs is 1. The van der Waals surface area contributed by atoms with Crippen molar-refractivity contribution in [3.8, 4) is 22.9 Å². The molecule has 0 aliphatic heterocycles. The van der Waals surface area contributed by atoms with E-state index in [0.717, 1.165) is 10.1 Å². The van der Waals surface area contributed by atoms with E-state index < -0.39 is 11.2 Å². The highest BCUT2D eigenvalue weighted by molar-refractivity contribution is 5.71. The molecule has 0 amide bonds. The van der Waals surface area contributed by atoms with Crippen LogP contribution in [0.25, 0.3) is 22.4 Å². The SMILES string of the molecule is COc1ccccc1-c1nccnc1OCCn1cnc2c1c(=O)n(C)c(=O)n2C. The number of hydrogen-bond donors (Lipinski definition) is 0. The van der Waals surface area contributed by atoms with Crippen LogP contribution in [-0.2, 0) is 20.6 Å². The van der Waals surface area contributed by atoms with Gasteiger partial charge in [0.2, 0.25) is 5.88 Å². The predicted octanol–water partition coefficient (Wildman–Crippen LogP) is 0.978. The lowest BCUT2D eigenvalue weighted by atomic mass is 10.1. The number of nitrogens with zero attached hydrogens (tertiary/aromatic N) is 6. The normalized spacial score (nSPS) is 11.0. The van der Waals surface area contributed by atoms with Crippen molar-refractivity contribution in [3.05, 3.63) is 63.8 Å². The van der Waals surface area contributed by atoms with Crippen LogP contribution < -0.4 is 20.7 Å². The monoisotopic (exact) mass is 408 g/mol. The van der Waals surface area contributed by atoms with Crippen LogP contribution in [0.15, 0.2) is 52.6 Å². The topological polar surface area (TPSA) is 106 Å². The number of benzene rings is 1. The summed E-state index contributed by atoms with van der Waals surface area (Å²) in [5.74, 6) is 1.01. The maximum absolute atomic E-state index is 12.5. The third-order valence-electron chi connectivity index (χ3n) is 4.81. The van der Waals surface area contributed by atoms with Gasteiger partial charge in [-0.2, -0.15) is 0 Å². The van der Waals surface area contributed by atoms with E-state index in [9.17, 15) is 9.59 Å². The number of aryl methyl sites for hydroxylation is 1. The first-order valence-electron chi connectivity index (χ1n) is 9.21. The Labute approximate surface area is 171 Å². The molecule has 0 radical (unpaired) electrons. The van der Waals surface area contributed by atoms with Gasteiger partial charge in [0.25, 0.3) is 5.56 Å². The van der Waals surface area contributed by atoms with Gasteiger partial charge in [-0.05, 0) is 12.1 Å². The second kappa shape index (κ2) is 7.82. The zero-order valence-electron chi connectivity index (χ0n) is 16.8. The molecule has 4 aromatic rings. The Bertz CT molecular complexity index is 1340. The maximum Gasteiger partial charge on any atom is 0.332 e. The summed E-state index contributed by atoms with van der Waals surface area (Å²) in [4.78, 5) is 37.5. The number of hydrogen-bond acceptors (Lipinski definition) is 7. The summed E-state index contributed by atoms with van der Waals surface area (Å²) in [6.45, 7) is 0.560. The molecule has 10 heteroatoms. The average Bonchev–Trinajstić information content (AvgIpc) is 3.20. The van der Waals surface area contributed by atoms with Gasteiger partial charge in [-0.25, -0.2) is 19.7 Å². The van der Waals surface area contributed by atoms with Gasteiger partial charge < -0.3 is 14.0 Å². The van der Waals surface area contributed by atoms with Gasteiger partial charge in [-0.3, -0.25) is 13.9 Å². The van der Waals surface area contributed by atoms with Crippen LogP contribution in [0.3, 0.4) is 0 Å². The van der Waals surface area contributed by atoms with Gasteiger partial charge in [0.05, 0.1) is 20.0 Å². The van der Waals surface area contributed by atoms with Gasteiger partial charge in [0.15, 0.2) is 11.2 Å². The minimum absolute atomic E-state index is 0.221. The molecule has 0 atom stereocenters. The average molecular weight is 408 g/mol. The van der Waals surface area contributed by atoms with E-state index in [0.29, 0.717) is 35.0 Å². The fourth-order valence-electron chi connectivity index (χ4n) is 3.26. The van der Waals surface area contributed by atoms with Crippen molar-refractivity contribution >= 4 is 11.2 Å². The molecule has 0 spiro atoms. The number of aromatic nitrogens is 6. The summed E-state index contributed by atoms with van der Waals surface area (Å²) in [6.07, 6.45) is 4.65. The van der Waals surface area contributed by atoms with Crippen molar-refractivity contribution in [2.75, 3.05) is 13.7 Å². The molecule has 1 aromatic carbocycles. The number of para-hydroxylation sites is 1. The largest absolute Gasteiger partial charge is 0.496 e. The molecule has 3 aromatic heterocycles. The minimum Gasteiger partial charge on any atom is -0.496 e. The molecular weight excluding hydrogens is 388 g/mol. The van der Waals surface area contributed by atoms with Crippen LogP contribution in [0.2, 0.25) is 0 Å². The van der Waals surface area contributed by atoms with Crippen LogP contribution in [-0.4, -0.2) is 42.4 Å². The van der Waals surface area contributed by atoms with E-state index in [1.54, 1.807) is 31.1 Å². The van der Waals surface area contributed by atoms with Crippen molar-refractivity contribution in [1.29, 1.82) is 0 Å². The first-order chi connectivity index (χ1) is 14.5. The second-order valence-electron chi connectivity index (χ2n) is 6.57. The van der Waals surface area contributed by atoms with Crippen LogP contribution in [0, 0.1) is 0 Å². The van der Waals surface area contributed by atoms with Crippen LogP contribution in [0.1, 0.15) is 0 Å². The third kappa shape index (κ3) is 3.21. The molecule has 0 unspecified atom stereocenters. The van der Waals surface area contributed by atoms with Crippen molar-refractivity contribution in [2.24, 2.45) is 14.1 Å². The Morgan fingerprint density at radius 3 is 2.57 bits per heavy atom. The number of rotatable bonds is 6. The molecule has 0 aliphatic carbocycles. The summed E-state index contributed by atoms with van der Waals surface area (Å²) in [7, 11) is 4.61. The van der Waals surface area contributed by atoms with E-state index in [2.05, 4.69) is 15.0 Å². The number of imidazole rings is 1. The van der Waals surface area contributed by atoms with Crippen LogP contribution in [0.4, 0.5) is 0 Å². The molecular formula is C20H20N6O4. The summed E-state index contributed by atoms with van der Waals surface area (Å²) >= 11 is 0. The van der Waals surface area contributed by atoms with Crippen molar-refractivity contribution in [2.45, 2.75) is 6.54 Å². The van der Waals surface area contributed by atoms with Crippen molar-refractivity contribution in [3.63, 3.8) is 0 Å². The summed E-state index contributed by atoms with van der Waals surface area (Å²) in [6, 6.07) is 7.47. The Morgan fingerprint density at radius 1 is 1.00 bits per heavy atom. The van der Waals surface area contributed by atoms with E-state index in [-0.39, 0.29) is 6.61 Å². The fourth-order valence-corrected chi connectivity index (χ4v) is 3.26. The van der Waals surface area contributed by atoms with Gasteiger partial charge in [0.1, 0.15) is 18.1 Å². The molecule has 4 rings (SSSR count). The molecule has 0 saturated heterocycles. The molecule has 3 heterocycles. The van der Waals surface area contributed by atoms with Crippen LogP contribution >= 0.6 is 0 Å². The summed E-state index contributed by atoms with van der Waals surface area (Å²) in [5, 5.41) is 0. The lowest BCUT2D eigenvalue weighted by molar-refractivity contribution is 0.289.